The van der Waals surface area contributed by atoms with E-state index in [0.29, 0.717) is 56.6 Å². The van der Waals surface area contributed by atoms with Crippen LogP contribution in [0.2, 0.25) is 0 Å². The first kappa shape index (κ1) is 46.8. The van der Waals surface area contributed by atoms with Crippen molar-refractivity contribution in [1.29, 1.82) is 0 Å². The van der Waals surface area contributed by atoms with E-state index in [1.807, 2.05) is 84.9 Å². The molecule has 0 unspecified atom stereocenters. The number of fused-ring (bicyclic) bond motifs is 3. The molecule has 0 saturated carbocycles. The zero-order chi connectivity index (χ0) is 51.1. The van der Waals surface area contributed by atoms with E-state index in [4.69, 9.17) is 9.47 Å². The minimum Gasteiger partial charge on any atom is -0.507 e. The average Bonchev–Trinajstić information content (AvgIpc) is 3.79. The molecule has 8 nitrogen and oxygen atoms in total. The lowest BCUT2D eigenvalue weighted by atomic mass is 9.68. The van der Waals surface area contributed by atoms with Gasteiger partial charge in [0.25, 0.3) is 11.8 Å². The number of hydrogen-bond acceptors (Lipinski definition) is 6. The number of phenols is 2. The van der Waals surface area contributed by atoms with E-state index in [1.54, 1.807) is 72.8 Å². The Morgan fingerprint density at radius 3 is 1.09 bits per heavy atom. The third-order valence-electron chi connectivity index (χ3n) is 13.0. The van der Waals surface area contributed by atoms with Crippen LogP contribution < -0.4 is 20.1 Å². The van der Waals surface area contributed by atoms with Crippen LogP contribution in [-0.4, -0.2) is 22.0 Å². The monoisotopic (exact) mass is 972 g/mol. The molecule has 0 radical (unpaired) electrons. The molecule has 1 aliphatic rings. The van der Waals surface area contributed by atoms with Crippen LogP contribution in [-0.2, 0) is 5.41 Å². The Hall–Kier alpha value is -10.5. The molecule has 0 saturated heterocycles. The van der Waals surface area contributed by atoms with Crippen molar-refractivity contribution in [2.24, 2.45) is 0 Å². The van der Waals surface area contributed by atoms with E-state index in [9.17, 15) is 19.8 Å². The van der Waals surface area contributed by atoms with Crippen LogP contribution in [0, 0.1) is 23.7 Å². The van der Waals surface area contributed by atoms with Gasteiger partial charge in [0.2, 0.25) is 0 Å². The van der Waals surface area contributed by atoms with Gasteiger partial charge in [-0.25, -0.2) is 0 Å². The lowest BCUT2D eigenvalue weighted by Crippen LogP contribution is -2.28. The molecule has 10 aromatic rings. The fraction of sp³-hybridized carbons (Fsp3) is 0.0149. The predicted octanol–water partition coefficient (Wildman–Crippen LogP) is 14.3. The van der Waals surface area contributed by atoms with Crippen molar-refractivity contribution in [3.8, 4) is 69.3 Å². The first-order chi connectivity index (χ1) is 36.8. The number of aromatic hydroxyl groups is 2. The number of nitrogens with one attached hydrogen (secondary N) is 2. The van der Waals surface area contributed by atoms with Crippen molar-refractivity contribution in [3.63, 3.8) is 0 Å². The molecule has 4 N–H and O–H groups in total. The normalized spacial score (nSPS) is 11.6. The summed E-state index contributed by atoms with van der Waals surface area (Å²) in [7, 11) is 0. The predicted molar refractivity (Wildman–Crippen MR) is 294 cm³/mol. The summed E-state index contributed by atoms with van der Waals surface area (Å²) >= 11 is 0. The van der Waals surface area contributed by atoms with E-state index >= 15 is 0 Å². The fourth-order valence-corrected chi connectivity index (χ4v) is 9.34. The molecular weight excluding hydrogens is 929 g/mol. The van der Waals surface area contributed by atoms with Crippen LogP contribution in [0.1, 0.15) is 65.2 Å². The van der Waals surface area contributed by atoms with Gasteiger partial charge in [0.15, 0.2) is 0 Å². The van der Waals surface area contributed by atoms with Crippen LogP contribution in [0.25, 0.3) is 11.1 Å². The topological polar surface area (TPSA) is 117 Å². The summed E-state index contributed by atoms with van der Waals surface area (Å²) in [5.74, 6) is 13.6. The van der Waals surface area contributed by atoms with Crippen molar-refractivity contribution >= 4 is 23.2 Å². The second-order valence-electron chi connectivity index (χ2n) is 17.7. The number of carbonyl (C=O) groups is 2. The maximum absolute atomic E-state index is 13.2. The number of rotatable bonds is 10. The van der Waals surface area contributed by atoms with Crippen molar-refractivity contribution in [2.75, 3.05) is 10.6 Å². The minimum absolute atomic E-state index is 0.0732. The molecular formula is C67H44N2O6. The van der Waals surface area contributed by atoms with Gasteiger partial charge in [-0.3, -0.25) is 9.59 Å². The lowest BCUT2D eigenvalue weighted by Gasteiger charge is -2.34. The van der Waals surface area contributed by atoms with Gasteiger partial charge in [0.05, 0.1) is 16.5 Å². The summed E-state index contributed by atoms with van der Waals surface area (Å²) in [6.07, 6.45) is 0. The number of hydrogen-bond donors (Lipinski definition) is 4. The number of anilines is 2. The highest BCUT2D eigenvalue weighted by Crippen LogP contribution is 2.56. The van der Waals surface area contributed by atoms with Gasteiger partial charge in [-0.05, 0) is 167 Å². The molecule has 11 rings (SSSR count). The minimum atomic E-state index is -0.663. The molecule has 0 fully saturated rings. The highest BCUT2D eigenvalue weighted by Gasteiger charge is 2.46. The van der Waals surface area contributed by atoms with Crippen molar-refractivity contribution in [1.82, 2.24) is 0 Å². The second-order valence-corrected chi connectivity index (χ2v) is 17.7. The maximum Gasteiger partial charge on any atom is 0.255 e. The van der Waals surface area contributed by atoms with Crippen molar-refractivity contribution in [3.05, 3.63) is 298 Å². The lowest BCUT2D eigenvalue weighted by molar-refractivity contribution is 0.101. The maximum atomic E-state index is 13.2. The van der Waals surface area contributed by atoms with Gasteiger partial charge in [0.1, 0.15) is 34.5 Å². The molecule has 75 heavy (non-hydrogen) atoms. The summed E-state index contributed by atoms with van der Waals surface area (Å²) in [5.41, 5.74) is 10.3. The van der Waals surface area contributed by atoms with E-state index in [1.165, 1.54) is 12.1 Å². The van der Waals surface area contributed by atoms with Crippen LogP contribution >= 0.6 is 0 Å². The Morgan fingerprint density at radius 2 is 0.720 bits per heavy atom. The molecule has 2 amide bonds. The van der Waals surface area contributed by atoms with Gasteiger partial charge in [-0.2, -0.15) is 0 Å². The smallest absolute Gasteiger partial charge is 0.255 e. The average molecular weight is 973 g/mol. The van der Waals surface area contributed by atoms with Crippen LogP contribution in [0.3, 0.4) is 0 Å². The molecule has 0 atom stereocenters. The Labute approximate surface area is 434 Å². The highest BCUT2D eigenvalue weighted by molar-refractivity contribution is 6.05. The molecule has 10 aromatic carbocycles. The number of carbonyl (C=O) groups excluding carboxylic acids is 2. The van der Waals surface area contributed by atoms with Gasteiger partial charge < -0.3 is 30.3 Å². The Kier molecular flexibility index (Phi) is 12.9. The van der Waals surface area contributed by atoms with Crippen LogP contribution in [0.5, 0.6) is 34.5 Å². The molecule has 358 valence electrons. The molecule has 0 aromatic heterocycles. The first-order valence-corrected chi connectivity index (χ1v) is 24.2. The van der Waals surface area contributed by atoms with Crippen LogP contribution in [0.4, 0.5) is 11.4 Å². The van der Waals surface area contributed by atoms with Gasteiger partial charge in [-0.1, -0.05) is 133 Å². The summed E-state index contributed by atoms with van der Waals surface area (Å²) in [5, 5.41) is 27.0. The quantitative estimate of drug-likeness (QED) is 0.101. The van der Waals surface area contributed by atoms with Gasteiger partial charge in [0, 0.05) is 33.6 Å². The van der Waals surface area contributed by atoms with Crippen molar-refractivity contribution < 1.29 is 29.3 Å². The molecule has 0 spiro atoms. The Balaban J connectivity index is 0.773. The Bertz CT molecular complexity index is 3610. The number of phenolic OH excluding ortho intramolecular Hbond substituents is 2. The molecule has 1 aliphatic carbocycles. The van der Waals surface area contributed by atoms with E-state index in [-0.39, 0.29) is 23.3 Å². The number of amides is 2. The van der Waals surface area contributed by atoms with E-state index in [2.05, 4.69) is 107 Å². The molecule has 0 aliphatic heterocycles. The SMILES string of the molecule is O=C(Nc1ccc(Oc2ccc(C3(c4ccc(Oc5ccc(NC(=O)c6ccc(C#Cc7ccccc7)c(O)c6)cc5)cc4)c4ccccc4-c4ccccc43)cc2)cc1)c1ccc(C#Cc2ccccc2)c(O)c1. The first-order valence-electron chi connectivity index (χ1n) is 24.2. The highest BCUT2D eigenvalue weighted by atomic mass is 16.5. The number of ether oxygens (including phenoxy) is 2. The van der Waals surface area contributed by atoms with Gasteiger partial charge >= 0.3 is 0 Å². The summed E-state index contributed by atoms with van der Waals surface area (Å²) in [6.45, 7) is 0. The largest absolute Gasteiger partial charge is 0.507 e. The van der Waals surface area contributed by atoms with Crippen LogP contribution in [0.15, 0.2) is 243 Å². The third-order valence-corrected chi connectivity index (χ3v) is 13.0. The van der Waals surface area contributed by atoms with E-state index in [0.717, 1.165) is 44.5 Å². The third kappa shape index (κ3) is 9.92. The zero-order valence-electron chi connectivity index (χ0n) is 40.1. The summed E-state index contributed by atoms with van der Waals surface area (Å²) in [4.78, 5) is 26.3. The van der Waals surface area contributed by atoms with Gasteiger partial charge in [-0.15, -0.1) is 0 Å². The summed E-state index contributed by atoms with van der Waals surface area (Å²) < 4.78 is 12.7. The zero-order valence-corrected chi connectivity index (χ0v) is 40.1. The number of benzene rings is 10. The Morgan fingerprint density at radius 1 is 0.373 bits per heavy atom. The molecule has 0 heterocycles. The fourth-order valence-electron chi connectivity index (χ4n) is 9.34. The molecule has 0 bridgehead atoms. The van der Waals surface area contributed by atoms with E-state index < -0.39 is 5.41 Å². The standard InChI is InChI=1S/C67H44N2O6/c70-63-43-49(25-23-47(63)21-19-45-11-3-1-4-12-45)65(72)68-53-31-39-57(40-32-53)74-55-35-27-51(28-36-55)67(61-17-9-7-15-59(61)60-16-8-10-18-62(60)67)52-29-37-56(38-30-52)75-58-41-33-54(34-42-58)69-66(73)50-26-24-48(64(71)44-50)22-20-46-13-5-2-6-14-46/h1-18,23-44,70-71H,(H,68,72)(H,69,73). The second kappa shape index (κ2) is 20.7. The van der Waals surface area contributed by atoms with Crippen molar-refractivity contribution in [2.45, 2.75) is 5.41 Å². The summed E-state index contributed by atoms with van der Waals surface area (Å²) in [6, 6.07) is 76.0. The molecule has 8 heteroatoms.